The summed E-state index contributed by atoms with van der Waals surface area (Å²) in [6.07, 6.45) is 3.06. The number of carboxylic acids is 1. The first-order valence-electron chi connectivity index (χ1n) is 6.36. The topological polar surface area (TPSA) is 107 Å². The second-order valence-corrected chi connectivity index (χ2v) is 7.28. The van der Waals surface area contributed by atoms with Gasteiger partial charge in [-0.25, -0.2) is 0 Å². The lowest BCUT2D eigenvalue weighted by molar-refractivity contribution is -0.141. The molecule has 2 rings (SSSR count). The number of fused-ring (bicyclic) bond motifs is 1. The lowest BCUT2D eigenvalue weighted by atomic mass is 9.70. The first-order chi connectivity index (χ1) is 8.35. The van der Waals surface area contributed by atoms with Crippen molar-refractivity contribution in [1.29, 1.82) is 0 Å². The number of hydrogen-bond donors (Lipinski definition) is 4. The Balaban J connectivity index is 1.93. The molecule has 0 aromatic heterocycles. The molecule has 18 heavy (non-hydrogen) atoms. The zero-order valence-electron chi connectivity index (χ0n) is 10.2. The lowest BCUT2D eigenvalue weighted by Gasteiger charge is -2.41. The van der Waals surface area contributed by atoms with Gasteiger partial charge in [-0.15, -0.1) is 0 Å². The molecule has 0 aromatic carbocycles. The Labute approximate surface area is 106 Å². The Kier molecular flexibility index (Phi) is 4.11. The largest absolute Gasteiger partial charge is 0.480 e. The molecule has 6 nitrogen and oxygen atoms in total. The van der Waals surface area contributed by atoms with E-state index in [4.69, 9.17) is 14.9 Å². The number of piperidine rings is 1. The Morgan fingerprint density at radius 1 is 1.22 bits per heavy atom. The zero-order valence-corrected chi connectivity index (χ0v) is 11.1. The van der Waals surface area contributed by atoms with Gasteiger partial charge < -0.3 is 20.2 Å². The van der Waals surface area contributed by atoms with Crippen molar-refractivity contribution in [3.8, 4) is 0 Å². The van der Waals surface area contributed by atoms with Gasteiger partial charge in [0.25, 0.3) is 0 Å². The van der Waals surface area contributed by atoms with Gasteiger partial charge in [0.1, 0.15) is 6.04 Å². The highest BCUT2D eigenvalue weighted by Crippen LogP contribution is 2.45. The molecule has 0 amide bonds. The molecule has 0 aromatic rings. The summed E-state index contributed by atoms with van der Waals surface area (Å²) in [6, 6.07) is -0.500. The maximum atomic E-state index is 11.0. The van der Waals surface area contributed by atoms with Gasteiger partial charge in [0.2, 0.25) is 0 Å². The first kappa shape index (κ1) is 14.0. The van der Waals surface area contributed by atoms with Crippen molar-refractivity contribution in [2.45, 2.75) is 31.7 Å². The third kappa shape index (κ3) is 3.54. The maximum Gasteiger partial charge on any atom is 0.325 e. The quantitative estimate of drug-likeness (QED) is 0.564. The van der Waals surface area contributed by atoms with Crippen molar-refractivity contribution in [3.05, 3.63) is 0 Å². The van der Waals surface area contributed by atoms with Crippen LogP contribution in [0.5, 0.6) is 0 Å². The van der Waals surface area contributed by atoms with Crippen LogP contribution in [0.4, 0.5) is 0 Å². The fourth-order valence-electron chi connectivity index (χ4n) is 3.35. The van der Waals surface area contributed by atoms with Crippen LogP contribution < -0.4 is 5.32 Å². The number of aliphatic carboxylic acids is 1. The van der Waals surface area contributed by atoms with Crippen molar-refractivity contribution in [1.82, 2.24) is 5.32 Å². The predicted octanol–water partition coefficient (Wildman–Crippen LogP) is 0.643. The van der Waals surface area contributed by atoms with Crippen LogP contribution in [0, 0.1) is 17.8 Å². The molecular formula is C11H20NO5P. The van der Waals surface area contributed by atoms with Gasteiger partial charge in [-0.2, -0.15) is 0 Å². The summed E-state index contributed by atoms with van der Waals surface area (Å²) in [5, 5.41) is 12.0. The summed E-state index contributed by atoms with van der Waals surface area (Å²) in [5.74, 6) is -0.0311. The molecule has 1 saturated carbocycles. The summed E-state index contributed by atoms with van der Waals surface area (Å²) >= 11 is 0. The third-order valence-corrected chi connectivity index (χ3v) is 5.20. The zero-order chi connectivity index (χ0) is 13.3. The SMILES string of the molecule is O=C(O)[C@@H]1C[C@H]2C[C@H](CP(=O)(O)O)CC[C@H]2CN1. The average Bonchev–Trinajstić information content (AvgIpc) is 2.25. The van der Waals surface area contributed by atoms with Crippen molar-refractivity contribution in [3.63, 3.8) is 0 Å². The van der Waals surface area contributed by atoms with Crippen LogP contribution in [0.25, 0.3) is 0 Å². The molecule has 0 spiro atoms. The molecule has 0 unspecified atom stereocenters. The highest BCUT2D eigenvalue weighted by molar-refractivity contribution is 7.51. The molecule has 2 fully saturated rings. The maximum absolute atomic E-state index is 11.0. The Morgan fingerprint density at radius 3 is 2.56 bits per heavy atom. The van der Waals surface area contributed by atoms with Crippen molar-refractivity contribution in [2.24, 2.45) is 17.8 Å². The molecular weight excluding hydrogens is 257 g/mol. The van der Waals surface area contributed by atoms with E-state index >= 15 is 0 Å². The van der Waals surface area contributed by atoms with Gasteiger partial charge >= 0.3 is 13.6 Å². The van der Waals surface area contributed by atoms with Crippen LogP contribution in [0.15, 0.2) is 0 Å². The smallest absolute Gasteiger partial charge is 0.325 e. The fourth-order valence-corrected chi connectivity index (χ4v) is 4.36. The summed E-state index contributed by atoms with van der Waals surface area (Å²) in [7, 11) is -3.95. The highest BCUT2D eigenvalue weighted by atomic mass is 31.2. The molecule has 4 N–H and O–H groups in total. The number of hydrogen-bond acceptors (Lipinski definition) is 3. The Hall–Kier alpha value is -0.420. The molecule has 1 aliphatic heterocycles. The summed E-state index contributed by atoms with van der Waals surface area (Å²) in [5.41, 5.74) is 0. The van der Waals surface area contributed by atoms with Crippen LogP contribution in [-0.4, -0.2) is 39.6 Å². The van der Waals surface area contributed by atoms with Crippen LogP contribution in [0.2, 0.25) is 0 Å². The van der Waals surface area contributed by atoms with Crippen molar-refractivity contribution in [2.75, 3.05) is 12.7 Å². The van der Waals surface area contributed by atoms with E-state index in [9.17, 15) is 9.36 Å². The van der Waals surface area contributed by atoms with Crippen LogP contribution >= 0.6 is 7.60 Å². The minimum atomic E-state index is -3.95. The van der Waals surface area contributed by atoms with Gasteiger partial charge in [0.05, 0.1) is 6.16 Å². The third-order valence-electron chi connectivity index (χ3n) is 4.21. The highest BCUT2D eigenvalue weighted by Gasteiger charge is 2.38. The molecule has 0 bridgehead atoms. The van der Waals surface area contributed by atoms with E-state index in [1.807, 2.05) is 0 Å². The monoisotopic (exact) mass is 277 g/mol. The van der Waals surface area contributed by atoms with E-state index in [-0.39, 0.29) is 18.0 Å². The van der Waals surface area contributed by atoms with Crippen LogP contribution in [0.1, 0.15) is 25.7 Å². The van der Waals surface area contributed by atoms with Crippen molar-refractivity contribution >= 4 is 13.6 Å². The van der Waals surface area contributed by atoms with Crippen molar-refractivity contribution < 1.29 is 24.3 Å². The summed E-state index contributed by atoms with van der Waals surface area (Å²) < 4.78 is 11.0. The Bertz CT molecular complexity index is 368. The molecule has 4 atom stereocenters. The average molecular weight is 277 g/mol. The first-order valence-corrected chi connectivity index (χ1v) is 8.15. The van der Waals surface area contributed by atoms with Crippen LogP contribution in [-0.2, 0) is 9.36 Å². The van der Waals surface area contributed by atoms with E-state index in [1.54, 1.807) is 0 Å². The standard InChI is InChI=1S/C11H20NO5P/c13-11(14)10-4-9-3-7(6-18(15,16)17)1-2-8(9)5-12-10/h7-10,12H,1-6H2,(H,13,14)(H2,15,16,17)/t7-,8+,9-,10+/m1/s1. The normalized spacial score (nSPS) is 37.0. The number of nitrogens with one attached hydrogen (secondary N) is 1. The molecule has 104 valence electrons. The molecule has 2 aliphatic rings. The minimum absolute atomic E-state index is 0.0413. The predicted molar refractivity (Wildman–Crippen MR) is 65.3 cm³/mol. The summed E-state index contributed by atoms with van der Waals surface area (Å²) in [6.45, 7) is 0.713. The lowest BCUT2D eigenvalue weighted by Crippen LogP contribution is -2.49. The molecule has 1 aliphatic carbocycles. The van der Waals surface area contributed by atoms with Crippen LogP contribution in [0.3, 0.4) is 0 Å². The second-order valence-electron chi connectivity index (χ2n) is 5.58. The number of carboxylic acid groups (broad SMARTS) is 1. The van der Waals surface area contributed by atoms with E-state index < -0.39 is 19.6 Å². The van der Waals surface area contributed by atoms with Gasteiger partial charge in [-0.05, 0) is 50.0 Å². The fraction of sp³-hybridized carbons (Fsp3) is 0.909. The molecule has 0 radical (unpaired) electrons. The van der Waals surface area contributed by atoms with E-state index in [2.05, 4.69) is 5.32 Å². The molecule has 7 heteroatoms. The number of rotatable bonds is 3. The van der Waals surface area contributed by atoms with Gasteiger partial charge in [0, 0.05) is 0 Å². The summed E-state index contributed by atoms with van der Waals surface area (Å²) in [4.78, 5) is 29.0. The Morgan fingerprint density at radius 2 is 1.94 bits per heavy atom. The molecule has 1 saturated heterocycles. The van der Waals surface area contributed by atoms with Gasteiger partial charge in [-0.3, -0.25) is 9.36 Å². The second kappa shape index (κ2) is 5.29. The molecule has 1 heterocycles. The van der Waals surface area contributed by atoms with Gasteiger partial charge in [0.15, 0.2) is 0 Å². The minimum Gasteiger partial charge on any atom is -0.480 e. The van der Waals surface area contributed by atoms with Gasteiger partial charge in [-0.1, -0.05) is 0 Å². The van der Waals surface area contributed by atoms with E-state index in [0.29, 0.717) is 18.9 Å². The van der Waals surface area contributed by atoms with E-state index in [1.165, 1.54) is 0 Å². The van der Waals surface area contributed by atoms with E-state index in [0.717, 1.165) is 19.3 Å². The number of carbonyl (C=O) groups is 1.